The van der Waals surface area contributed by atoms with Crippen molar-refractivity contribution < 1.29 is 14.3 Å². The second-order valence-electron chi connectivity index (χ2n) is 6.53. The van der Waals surface area contributed by atoms with Gasteiger partial charge in [-0.15, -0.1) is 0 Å². The Morgan fingerprint density at radius 2 is 2.22 bits per heavy atom. The Kier molecular flexibility index (Phi) is 4.35. The zero-order valence-corrected chi connectivity index (χ0v) is 15.0. The summed E-state index contributed by atoms with van der Waals surface area (Å²) >= 11 is 3.36. The lowest BCUT2D eigenvalue weighted by Gasteiger charge is -2.31. The van der Waals surface area contributed by atoms with Crippen LogP contribution in [-0.2, 0) is 9.53 Å². The number of imidazole rings is 1. The number of methoxy groups -OCH3 is 1. The summed E-state index contributed by atoms with van der Waals surface area (Å²) in [4.78, 5) is 34.1. The number of carbonyl (C=O) groups is 2. The number of fused-ring (bicyclic) bond motifs is 1. The number of halogens is 1. The van der Waals surface area contributed by atoms with Crippen molar-refractivity contribution >= 4 is 27.9 Å². The van der Waals surface area contributed by atoms with E-state index in [2.05, 4.69) is 36.0 Å². The molecule has 0 aromatic carbocycles. The average Bonchev–Trinajstić information content (AvgIpc) is 2.96. The van der Waals surface area contributed by atoms with Gasteiger partial charge in [0.2, 0.25) is 5.91 Å². The van der Waals surface area contributed by atoms with Crippen molar-refractivity contribution in [2.24, 2.45) is 11.8 Å². The molecule has 4 atom stereocenters. The number of aromatic amines is 1. The fourth-order valence-corrected chi connectivity index (χ4v) is 3.67. The van der Waals surface area contributed by atoms with Gasteiger partial charge in [-0.25, -0.2) is 9.78 Å². The number of amides is 2. The van der Waals surface area contributed by atoms with Crippen molar-refractivity contribution in [3.05, 3.63) is 16.6 Å². The molecular weight excluding hydrogens is 364 g/mol. The van der Waals surface area contributed by atoms with Gasteiger partial charge in [-0.05, 0) is 40.6 Å². The predicted molar refractivity (Wildman–Crippen MR) is 86.6 cm³/mol. The molecule has 7 nitrogen and oxygen atoms in total. The zero-order valence-electron chi connectivity index (χ0n) is 13.4. The topological polar surface area (TPSA) is 87.3 Å². The van der Waals surface area contributed by atoms with Gasteiger partial charge in [-0.1, -0.05) is 13.8 Å². The molecule has 126 valence electrons. The van der Waals surface area contributed by atoms with E-state index in [1.165, 1.54) is 7.11 Å². The third-order valence-electron chi connectivity index (χ3n) is 4.63. The molecule has 0 radical (unpaired) electrons. The monoisotopic (exact) mass is 384 g/mol. The van der Waals surface area contributed by atoms with E-state index in [1.807, 2.05) is 18.7 Å². The summed E-state index contributed by atoms with van der Waals surface area (Å²) in [7, 11) is 1.30. The fourth-order valence-electron chi connectivity index (χ4n) is 3.36. The Balaban J connectivity index is 1.81. The largest absolute Gasteiger partial charge is 0.453 e. The Morgan fingerprint density at radius 3 is 2.78 bits per heavy atom. The predicted octanol–water partition coefficient (Wildman–Crippen LogP) is 2.21. The molecule has 23 heavy (non-hydrogen) atoms. The van der Waals surface area contributed by atoms with E-state index in [0.29, 0.717) is 5.92 Å². The van der Waals surface area contributed by atoms with Crippen molar-refractivity contribution in [3.8, 4) is 0 Å². The van der Waals surface area contributed by atoms with Crippen LogP contribution in [-0.4, -0.2) is 46.1 Å². The summed E-state index contributed by atoms with van der Waals surface area (Å²) in [5.41, 5.74) is 0. The Hall–Kier alpha value is -1.57. The van der Waals surface area contributed by atoms with Crippen molar-refractivity contribution in [2.75, 3.05) is 7.11 Å². The molecule has 1 saturated heterocycles. The minimum absolute atomic E-state index is 0.0246. The smallest absolute Gasteiger partial charge is 0.407 e. The molecule has 1 aromatic heterocycles. The number of hydrogen-bond donors (Lipinski definition) is 2. The van der Waals surface area contributed by atoms with Gasteiger partial charge in [0.1, 0.15) is 16.5 Å². The van der Waals surface area contributed by atoms with E-state index in [0.717, 1.165) is 23.3 Å². The molecule has 8 heteroatoms. The molecule has 1 saturated carbocycles. The van der Waals surface area contributed by atoms with Crippen molar-refractivity contribution in [2.45, 2.75) is 44.8 Å². The third kappa shape index (κ3) is 3.08. The lowest BCUT2D eigenvalue weighted by Crippen LogP contribution is -2.52. The van der Waals surface area contributed by atoms with E-state index in [1.54, 1.807) is 6.20 Å². The summed E-state index contributed by atoms with van der Waals surface area (Å²) in [5.74, 6) is 1.24. The molecule has 1 unspecified atom stereocenters. The summed E-state index contributed by atoms with van der Waals surface area (Å²) in [6.45, 7) is 3.83. The number of H-pyrrole nitrogens is 1. The molecular formula is C15H21BrN4O3. The molecule has 3 rings (SSSR count). The number of piperidine rings is 1. The maximum absolute atomic E-state index is 13.1. The Bertz CT molecular complexity index is 618. The third-order valence-corrected chi connectivity index (χ3v) is 5.03. The highest BCUT2D eigenvalue weighted by molar-refractivity contribution is 9.10. The van der Waals surface area contributed by atoms with Crippen LogP contribution in [0.15, 0.2) is 10.8 Å². The highest BCUT2D eigenvalue weighted by Gasteiger charge is 2.56. The van der Waals surface area contributed by atoms with Gasteiger partial charge >= 0.3 is 6.09 Å². The van der Waals surface area contributed by atoms with Gasteiger partial charge in [0.05, 0.1) is 19.3 Å². The first kappa shape index (κ1) is 16.3. The number of carbonyl (C=O) groups excluding carboxylic acids is 2. The molecule has 1 aromatic rings. The summed E-state index contributed by atoms with van der Waals surface area (Å²) < 4.78 is 5.45. The number of aromatic nitrogens is 2. The molecule has 2 N–H and O–H groups in total. The van der Waals surface area contributed by atoms with Gasteiger partial charge in [0.15, 0.2) is 0 Å². The second-order valence-corrected chi connectivity index (χ2v) is 7.39. The first-order valence-corrected chi connectivity index (χ1v) is 8.58. The van der Waals surface area contributed by atoms with Crippen molar-refractivity contribution in [1.29, 1.82) is 0 Å². The van der Waals surface area contributed by atoms with Crippen LogP contribution in [0.2, 0.25) is 0 Å². The zero-order chi connectivity index (χ0) is 16.7. The van der Waals surface area contributed by atoms with E-state index < -0.39 is 12.1 Å². The fraction of sp³-hybridized carbons (Fsp3) is 0.667. The van der Waals surface area contributed by atoms with Crippen molar-refractivity contribution in [3.63, 3.8) is 0 Å². The summed E-state index contributed by atoms with van der Waals surface area (Å²) in [5, 5.41) is 2.67. The maximum atomic E-state index is 13.1. The lowest BCUT2D eigenvalue weighted by molar-refractivity contribution is -0.136. The summed E-state index contributed by atoms with van der Waals surface area (Å²) in [6, 6.07) is -0.391. The number of alkyl carbamates (subject to hydrolysis) is 1. The number of rotatable bonds is 4. The minimum atomic E-state index is -0.595. The minimum Gasteiger partial charge on any atom is -0.453 e. The standard InChI is InChI=1S/C15H21BrN4O3/c1-7(2)12(19-15(22)23-3)14(21)20-9-4-8(9)5-10(20)13-17-6-11(16)18-13/h6-10,12H,4-5H2,1-3H3,(H,17,18)(H,19,22)/t8?,9-,10+,12+/m1/s1. The van der Waals surface area contributed by atoms with Crippen LogP contribution < -0.4 is 5.32 Å². The molecule has 0 spiro atoms. The van der Waals surface area contributed by atoms with Gasteiger partial charge in [0, 0.05) is 6.04 Å². The van der Waals surface area contributed by atoms with Gasteiger partial charge in [-0.2, -0.15) is 0 Å². The van der Waals surface area contributed by atoms with E-state index in [9.17, 15) is 9.59 Å². The number of nitrogens with zero attached hydrogens (tertiary/aromatic N) is 2. The first-order chi connectivity index (χ1) is 10.9. The van der Waals surface area contributed by atoms with Gasteiger partial charge in [-0.3, -0.25) is 4.79 Å². The Morgan fingerprint density at radius 1 is 1.48 bits per heavy atom. The molecule has 1 aliphatic heterocycles. The van der Waals surface area contributed by atoms with E-state index >= 15 is 0 Å². The first-order valence-electron chi connectivity index (χ1n) is 7.79. The summed E-state index contributed by atoms with van der Waals surface area (Å²) in [6.07, 6.45) is 3.07. The maximum Gasteiger partial charge on any atom is 0.407 e. The van der Waals surface area contributed by atoms with Crippen LogP contribution in [0.1, 0.15) is 38.6 Å². The van der Waals surface area contributed by atoms with Crippen LogP contribution in [0, 0.1) is 11.8 Å². The number of ether oxygens (including phenoxy) is 1. The van der Waals surface area contributed by atoms with Crippen LogP contribution >= 0.6 is 15.9 Å². The van der Waals surface area contributed by atoms with E-state index in [-0.39, 0.29) is 23.9 Å². The number of likely N-dealkylation sites (tertiary alicyclic amines) is 1. The molecule has 2 aliphatic rings. The van der Waals surface area contributed by atoms with Crippen LogP contribution in [0.25, 0.3) is 0 Å². The second kappa shape index (κ2) is 6.14. The van der Waals surface area contributed by atoms with Crippen LogP contribution in [0.3, 0.4) is 0 Å². The quantitative estimate of drug-likeness (QED) is 0.832. The van der Waals surface area contributed by atoms with Gasteiger partial charge < -0.3 is 19.9 Å². The highest BCUT2D eigenvalue weighted by Crippen LogP contribution is 2.53. The molecule has 2 fully saturated rings. The SMILES string of the molecule is COC(=O)N[C@H](C(=O)N1[C@@H]2CC2C[C@H]1c1ncc(Br)[nH]1)C(C)C. The number of hydrogen-bond acceptors (Lipinski definition) is 4. The average molecular weight is 385 g/mol. The number of nitrogens with one attached hydrogen (secondary N) is 2. The normalized spacial score (nSPS) is 26.8. The van der Waals surface area contributed by atoms with Crippen LogP contribution in [0.4, 0.5) is 4.79 Å². The molecule has 1 aliphatic carbocycles. The van der Waals surface area contributed by atoms with E-state index in [4.69, 9.17) is 0 Å². The van der Waals surface area contributed by atoms with Gasteiger partial charge in [0.25, 0.3) is 0 Å². The molecule has 2 heterocycles. The lowest BCUT2D eigenvalue weighted by atomic mass is 10.0. The molecule has 0 bridgehead atoms. The van der Waals surface area contributed by atoms with Crippen molar-refractivity contribution in [1.82, 2.24) is 20.2 Å². The van der Waals surface area contributed by atoms with Crippen LogP contribution in [0.5, 0.6) is 0 Å². The molecule has 2 amide bonds. The Labute approximate surface area is 143 Å². The highest BCUT2D eigenvalue weighted by atomic mass is 79.9.